The van der Waals surface area contributed by atoms with E-state index >= 15 is 0 Å². The molecule has 3 N–H and O–H groups in total. The highest BCUT2D eigenvalue weighted by molar-refractivity contribution is 5.83. The van der Waals surface area contributed by atoms with Gasteiger partial charge in [-0.3, -0.25) is 0 Å². The van der Waals surface area contributed by atoms with Gasteiger partial charge in [0, 0.05) is 0 Å². The third-order valence-corrected chi connectivity index (χ3v) is 2.09. The van der Waals surface area contributed by atoms with Crippen molar-refractivity contribution in [3.63, 3.8) is 0 Å². The number of primary amides is 1. The Morgan fingerprint density at radius 3 is 2.94 bits per heavy atom. The van der Waals surface area contributed by atoms with Crippen molar-refractivity contribution in [2.24, 2.45) is 10.8 Å². The number of nitrogens with one attached hydrogen (secondary N) is 1. The van der Waals surface area contributed by atoms with Crippen LogP contribution in [-0.2, 0) is 0 Å². The molecule has 0 unspecified atom stereocenters. The number of benzene rings is 1. The molecule has 0 saturated heterocycles. The summed E-state index contributed by atoms with van der Waals surface area (Å²) in [5.41, 5.74) is 8.96. The lowest BCUT2D eigenvalue weighted by Crippen LogP contribution is -2.24. The molecule has 5 heteroatoms. The summed E-state index contributed by atoms with van der Waals surface area (Å²) in [4.78, 5) is 10.4. The molecule has 1 rings (SSSR count). The predicted octanol–water partition coefficient (Wildman–Crippen LogP) is 1.79. The first-order valence-electron chi connectivity index (χ1n) is 5.45. The summed E-state index contributed by atoms with van der Waals surface area (Å²) in [6, 6.07) is 5.00. The number of hydrazone groups is 1. The first kappa shape index (κ1) is 13.0. The van der Waals surface area contributed by atoms with Crippen LogP contribution in [0.1, 0.15) is 24.5 Å². The minimum atomic E-state index is -0.679. The monoisotopic (exact) mass is 235 g/mol. The van der Waals surface area contributed by atoms with Gasteiger partial charge in [0.2, 0.25) is 0 Å². The van der Waals surface area contributed by atoms with Crippen molar-refractivity contribution in [2.75, 3.05) is 6.61 Å². The minimum absolute atomic E-state index is 0.679. The van der Waals surface area contributed by atoms with Crippen LogP contribution in [-0.4, -0.2) is 18.9 Å². The molecule has 0 aromatic heterocycles. The van der Waals surface area contributed by atoms with Crippen LogP contribution in [0.3, 0.4) is 0 Å². The third-order valence-electron chi connectivity index (χ3n) is 2.09. The van der Waals surface area contributed by atoms with Gasteiger partial charge in [-0.05, 0) is 42.7 Å². The van der Waals surface area contributed by atoms with Gasteiger partial charge in [0.05, 0.1) is 12.8 Å². The second kappa shape index (κ2) is 6.52. The molecule has 0 atom stereocenters. The van der Waals surface area contributed by atoms with Crippen molar-refractivity contribution in [2.45, 2.75) is 20.3 Å². The van der Waals surface area contributed by atoms with Crippen LogP contribution in [0.15, 0.2) is 23.3 Å². The molecule has 2 amide bonds. The van der Waals surface area contributed by atoms with Gasteiger partial charge in [-0.1, -0.05) is 6.92 Å². The normalized spacial score (nSPS) is 10.5. The van der Waals surface area contributed by atoms with Crippen molar-refractivity contribution in [1.29, 1.82) is 0 Å². The van der Waals surface area contributed by atoms with E-state index in [0.29, 0.717) is 6.61 Å². The maximum Gasteiger partial charge on any atom is 0.332 e. The summed E-state index contributed by atoms with van der Waals surface area (Å²) in [7, 11) is 0. The van der Waals surface area contributed by atoms with Crippen LogP contribution in [0, 0.1) is 6.92 Å². The average molecular weight is 235 g/mol. The van der Waals surface area contributed by atoms with Crippen LogP contribution >= 0.6 is 0 Å². The van der Waals surface area contributed by atoms with Gasteiger partial charge in [-0.15, -0.1) is 0 Å². The summed E-state index contributed by atoms with van der Waals surface area (Å²) >= 11 is 0. The summed E-state index contributed by atoms with van der Waals surface area (Å²) in [6.45, 7) is 4.71. The molecule has 17 heavy (non-hydrogen) atoms. The van der Waals surface area contributed by atoms with Crippen LogP contribution in [0.4, 0.5) is 4.79 Å². The molecule has 0 aliphatic carbocycles. The van der Waals surface area contributed by atoms with Gasteiger partial charge in [0.1, 0.15) is 5.75 Å². The summed E-state index contributed by atoms with van der Waals surface area (Å²) < 4.78 is 5.50. The average Bonchev–Trinajstić information content (AvgIpc) is 2.28. The van der Waals surface area contributed by atoms with Crippen molar-refractivity contribution < 1.29 is 9.53 Å². The quantitative estimate of drug-likeness (QED) is 0.603. The summed E-state index contributed by atoms with van der Waals surface area (Å²) in [5.74, 6) is 0.837. The fourth-order valence-corrected chi connectivity index (χ4v) is 1.27. The fourth-order valence-electron chi connectivity index (χ4n) is 1.27. The molecule has 1 aromatic carbocycles. The lowest BCUT2D eigenvalue weighted by Gasteiger charge is -2.06. The van der Waals surface area contributed by atoms with Crippen LogP contribution < -0.4 is 15.9 Å². The van der Waals surface area contributed by atoms with E-state index in [9.17, 15) is 4.79 Å². The number of amides is 2. The molecule has 0 aliphatic rings. The van der Waals surface area contributed by atoms with Gasteiger partial charge >= 0.3 is 6.03 Å². The zero-order valence-corrected chi connectivity index (χ0v) is 10.1. The van der Waals surface area contributed by atoms with E-state index in [0.717, 1.165) is 23.3 Å². The van der Waals surface area contributed by atoms with Crippen molar-refractivity contribution >= 4 is 12.2 Å². The molecule has 0 heterocycles. The Labute approximate surface area is 101 Å². The fraction of sp³-hybridized carbons (Fsp3) is 0.333. The lowest BCUT2D eigenvalue weighted by atomic mass is 10.1. The van der Waals surface area contributed by atoms with Crippen molar-refractivity contribution in [1.82, 2.24) is 5.43 Å². The molecule has 0 radical (unpaired) electrons. The Bertz CT molecular complexity index is 416. The zero-order chi connectivity index (χ0) is 12.7. The van der Waals surface area contributed by atoms with Gasteiger partial charge in [0.25, 0.3) is 0 Å². The third kappa shape index (κ3) is 4.55. The second-order valence-corrected chi connectivity index (χ2v) is 3.60. The molecular formula is C12H17N3O2. The largest absolute Gasteiger partial charge is 0.494 e. The topological polar surface area (TPSA) is 76.7 Å². The Hall–Kier alpha value is -2.04. The van der Waals surface area contributed by atoms with Gasteiger partial charge in [0.15, 0.2) is 0 Å². The Balaban J connectivity index is 2.68. The van der Waals surface area contributed by atoms with E-state index < -0.39 is 6.03 Å². The van der Waals surface area contributed by atoms with Crippen LogP contribution in [0.25, 0.3) is 0 Å². The lowest BCUT2D eigenvalue weighted by molar-refractivity contribution is 0.249. The Morgan fingerprint density at radius 1 is 1.59 bits per heavy atom. The van der Waals surface area contributed by atoms with E-state index in [-0.39, 0.29) is 0 Å². The molecule has 0 bridgehead atoms. The number of hydrogen-bond donors (Lipinski definition) is 2. The predicted molar refractivity (Wildman–Crippen MR) is 67.3 cm³/mol. The molecule has 0 saturated carbocycles. The maximum absolute atomic E-state index is 10.4. The van der Waals surface area contributed by atoms with Crippen LogP contribution in [0.2, 0.25) is 0 Å². The van der Waals surface area contributed by atoms with Gasteiger partial charge in [-0.25, -0.2) is 10.2 Å². The van der Waals surface area contributed by atoms with Gasteiger partial charge < -0.3 is 10.5 Å². The van der Waals surface area contributed by atoms with Gasteiger partial charge in [-0.2, -0.15) is 5.10 Å². The van der Waals surface area contributed by atoms with E-state index in [1.165, 1.54) is 0 Å². The smallest absolute Gasteiger partial charge is 0.332 e. The van der Waals surface area contributed by atoms with E-state index in [1.807, 2.05) is 25.1 Å². The van der Waals surface area contributed by atoms with Crippen LogP contribution in [0.5, 0.6) is 5.75 Å². The number of rotatable bonds is 5. The molecular weight excluding hydrogens is 218 g/mol. The number of ether oxygens (including phenoxy) is 1. The van der Waals surface area contributed by atoms with Crippen molar-refractivity contribution in [3.8, 4) is 5.75 Å². The summed E-state index contributed by atoms with van der Waals surface area (Å²) in [6.07, 6.45) is 2.52. The number of nitrogens with zero attached hydrogens (tertiary/aromatic N) is 1. The SMILES string of the molecule is CCCOc1ccc(C=NNC(N)=O)c(C)c1. The molecule has 0 fully saturated rings. The molecule has 5 nitrogen and oxygen atoms in total. The number of aryl methyl sites for hydroxylation is 1. The second-order valence-electron chi connectivity index (χ2n) is 3.60. The number of carbonyl (C=O) groups is 1. The Morgan fingerprint density at radius 2 is 2.35 bits per heavy atom. The number of nitrogens with two attached hydrogens (primary N) is 1. The number of urea groups is 1. The highest BCUT2D eigenvalue weighted by Gasteiger charge is 1.98. The Kier molecular flexibility index (Phi) is 5.00. The molecule has 0 aliphatic heterocycles. The van der Waals surface area contributed by atoms with E-state index in [4.69, 9.17) is 10.5 Å². The number of hydrogen-bond acceptors (Lipinski definition) is 3. The summed E-state index contributed by atoms with van der Waals surface area (Å²) in [5, 5.41) is 3.70. The number of carbonyl (C=O) groups excluding carboxylic acids is 1. The standard InChI is InChI=1S/C12H17N3O2/c1-3-6-17-11-5-4-10(9(2)7-11)8-14-15-12(13)16/h4-5,7-8H,3,6H2,1-2H3,(H3,13,15,16). The highest BCUT2D eigenvalue weighted by Crippen LogP contribution is 2.16. The zero-order valence-electron chi connectivity index (χ0n) is 10.1. The van der Waals surface area contributed by atoms with Crippen molar-refractivity contribution in [3.05, 3.63) is 29.3 Å². The van der Waals surface area contributed by atoms with E-state index in [1.54, 1.807) is 6.21 Å². The van der Waals surface area contributed by atoms with E-state index in [2.05, 4.69) is 17.5 Å². The maximum atomic E-state index is 10.4. The highest BCUT2D eigenvalue weighted by atomic mass is 16.5. The minimum Gasteiger partial charge on any atom is -0.494 e. The first-order valence-corrected chi connectivity index (χ1v) is 5.45. The molecule has 1 aromatic rings. The first-order chi connectivity index (χ1) is 8.13. The molecule has 92 valence electrons. The molecule has 0 spiro atoms.